The quantitative estimate of drug-likeness (QED) is 0.786. The Kier molecular flexibility index (Phi) is 4.14. The lowest BCUT2D eigenvalue weighted by molar-refractivity contribution is 0.352. The molecule has 0 aliphatic heterocycles. The highest BCUT2D eigenvalue weighted by molar-refractivity contribution is 5.02. The summed E-state index contributed by atoms with van der Waals surface area (Å²) in [6, 6.07) is 2.50. The summed E-state index contributed by atoms with van der Waals surface area (Å²) in [5, 5.41) is 7.25. The van der Waals surface area contributed by atoms with Gasteiger partial charge in [0.2, 0.25) is 0 Å². The molecule has 14 heavy (non-hydrogen) atoms. The molecular weight excluding hydrogens is 176 g/mol. The molecule has 1 rings (SSSR count). The zero-order chi connectivity index (χ0) is 10.6. The van der Waals surface area contributed by atoms with Crippen molar-refractivity contribution >= 4 is 0 Å². The normalized spacial score (nSPS) is 13.5. The van der Waals surface area contributed by atoms with Crippen LogP contribution in [0.3, 0.4) is 0 Å². The van der Waals surface area contributed by atoms with E-state index < -0.39 is 0 Å². The summed E-state index contributed by atoms with van der Waals surface area (Å²) in [5.41, 5.74) is 0.943. The number of aromatic nitrogens is 1. The van der Waals surface area contributed by atoms with Gasteiger partial charge in [0.25, 0.3) is 0 Å². The molecule has 1 unspecified atom stereocenters. The monoisotopic (exact) mass is 196 g/mol. The fraction of sp³-hybridized carbons (Fsp3) is 0.727. The first-order valence-corrected chi connectivity index (χ1v) is 5.23. The summed E-state index contributed by atoms with van der Waals surface area (Å²) in [4.78, 5) is 0. The predicted octanol–water partition coefficient (Wildman–Crippen LogP) is 2.51. The van der Waals surface area contributed by atoms with Gasteiger partial charge >= 0.3 is 0 Å². The number of rotatable bonds is 5. The fourth-order valence-corrected chi connectivity index (χ4v) is 1.56. The molecule has 1 atom stereocenters. The Balaban J connectivity index is 2.26. The van der Waals surface area contributed by atoms with Gasteiger partial charge in [-0.2, -0.15) is 0 Å². The molecule has 0 saturated carbocycles. The minimum atomic E-state index is 0.528. The van der Waals surface area contributed by atoms with Crippen molar-refractivity contribution in [2.45, 2.75) is 46.7 Å². The summed E-state index contributed by atoms with van der Waals surface area (Å²) >= 11 is 0. The third-order valence-electron chi connectivity index (χ3n) is 2.13. The van der Waals surface area contributed by atoms with Gasteiger partial charge < -0.3 is 9.84 Å². The van der Waals surface area contributed by atoms with Crippen molar-refractivity contribution in [3.8, 4) is 0 Å². The molecular formula is C11H20N2O. The van der Waals surface area contributed by atoms with Gasteiger partial charge in [0.1, 0.15) is 0 Å². The molecule has 0 fully saturated rings. The van der Waals surface area contributed by atoms with Crippen LogP contribution in [0, 0.1) is 12.8 Å². The lowest BCUT2D eigenvalue weighted by Gasteiger charge is -2.14. The van der Waals surface area contributed by atoms with Crippen LogP contribution in [0.25, 0.3) is 0 Å². The molecule has 80 valence electrons. The molecule has 3 heteroatoms. The molecule has 0 spiro atoms. The minimum Gasteiger partial charge on any atom is -0.360 e. The Hall–Kier alpha value is -0.830. The van der Waals surface area contributed by atoms with Crippen LogP contribution >= 0.6 is 0 Å². The van der Waals surface area contributed by atoms with E-state index in [4.69, 9.17) is 4.52 Å². The van der Waals surface area contributed by atoms with Crippen LogP contribution in [0.5, 0.6) is 0 Å². The first kappa shape index (κ1) is 11.2. The second-order valence-corrected chi connectivity index (χ2v) is 4.35. The topological polar surface area (TPSA) is 38.1 Å². The van der Waals surface area contributed by atoms with E-state index in [0.717, 1.165) is 23.9 Å². The standard InChI is InChI=1S/C11H20N2O/c1-8(2)5-9(3)12-7-11-6-10(4)13-14-11/h6,8-9,12H,5,7H2,1-4H3. The molecule has 0 bridgehead atoms. The Morgan fingerprint density at radius 1 is 1.43 bits per heavy atom. The molecule has 0 aliphatic carbocycles. The van der Waals surface area contributed by atoms with Crippen molar-refractivity contribution < 1.29 is 4.52 Å². The van der Waals surface area contributed by atoms with Crippen molar-refractivity contribution in [1.29, 1.82) is 0 Å². The summed E-state index contributed by atoms with van der Waals surface area (Å²) in [6.07, 6.45) is 1.19. The van der Waals surface area contributed by atoms with E-state index in [2.05, 4.69) is 31.2 Å². The smallest absolute Gasteiger partial charge is 0.150 e. The Morgan fingerprint density at radius 3 is 2.64 bits per heavy atom. The maximum atomic E-state index is 5.11. The average molecular weight is 196 g/mol. The molecule has 0 saturated heterocycles. The van der Waals surface area contributed by atoms with E-state index >= 15 is 0 Å². The molecule has 1 N–H and O–H groups in total. The first-order chi connectivity index (χ1) is 6.58. The molecule has 1 aromatic rings. The number of hydrogen-bond acceptors (Lipinski definition) is 3. The van der Waals surface area contributed by atoms with Gasteiger partial charge in [-0.3, -0.25) is 0 Å². The van der Waals surface area contributed by atoms with Crippen molar-refractivity contribution in [2.75, 3.05) is 0 Å². The molecule has 1 heterocycles. The third kappa shape index (κ3) is 3.92. The molecule has 3 nitrogen and oxygen atoms in total. The van der Waals surface area contributed by atoms with Gasteiger partial charge in [0.05, 0.1) is 12.2 Å². The van der Waals surface area contributed by atoms with Crippen molar-refractivity contribution in [2.24, 2.45) is 5.92 Å². The summed E-state index contributed by atoms with van der Waals surface area (Å²) < 4.78 is 5.11. The van der Waals surface area contributed by atoms with Crippen LogP contribution in [0.2, 0.25) is 0 Å². The predicted molar refractivity (Wildman–Crippen MR) is 57.0 cm³/mol. The van der Waals surface area contributed by atoms with Crippen molar-refractivity contribution in [3.63, 3.8) is 0 Å². The third-order valence-corrected chi connectivity index (χ3v) is 2.13. The van der Waals surface area contributed by atoms with Gasteiger partial charge in [-0.1, -0.05) is 19.0 Å². The van der Waals surface area contributed by atoms with Crippen LogP contribution in [0.1, 0.15) is 38.6 Å². The molecule has 0 amide bonds. The number of nitrogens with one attached hydrogen (secondary N) is 1. The van der Waals surface area contributed by atoms with E-state index in [1.165, 1.54) is 6.42 Å². The van der Waals surface area contributed by atoms with Gasteiger partial charge in [-0.05, 0) is 26.2 Å². The Morgan fingerprint density at radius 2 is 2.14 bits per heavy atom. The lowest BCUT2D eigenvalue weighted by atomic mass is 10.1. The summed E-state index contributed by atoms with van der Waals surface area (Å²) in [7, 11) is 0. The van der Waals surface area contributed by atoms with Crippen molar-refractivity contribution in [3.05, 3.63) is 17.5 Å². The average Bonchev–Trinajstić information content (AvgIpc) is 2.47. The number of nitrogens with zero attached hydrogens (tertiary/aromatic N) is 1. The van der Waals surface area contributed by atoms with E-state index in [0.29, 0.717) is 6.04 Å². The maximum absolute atomic E-state index is 5.11. The van der Waals surface area contributed by atoms with Crippen LogP contribution in [-0.2, 0) is 6.54 Å². The van der Waals surface area contributed by atoms with Crippen LogP contribution < -0.4 is 5.32 Å². The van der Waals surface area contributed by atoms with Crippen LogP contribution in [-0.4, -0.2) is 11.2 Å². The minimum absolute atomic E-state index is 0.528. The first-order valence-electron chi connectivity index (χ1n) is 5.23. The summed E-state index contributed by atoms with van der Waals surface area (Å²) in [5.74, 6) is 1.65. The van der Waals surface area contributed by atoms with E-state index in [-0.39, 0.29) is 0 Å². The van der Waals surface area contributed by atoms with Crippen LogP contribution in [0.15, 0.2) is 10.6 Å². The SMILES string of the molecule is Cc1cc(CNC(C)CC(C)C)on1. The van der Waals surface area contributed by atoms with Gasteiger partial charge in [0, 0.05) is 12.1 Å². The zero-order valence-corrected chi connectivity index (χ0v) is 9.50. The largest absolute Gasteiger partial charge is 0.360 e. The highest BCUT2D eigenvalue weighted by Gasteiger charge is 2.06. The number of hydrogen-bond donors (Lipinski definition) is 1. The highest BCUT2D eigenvalue weighted by Crippen LogP contribution is 2.06. The van der Waals surface area contributed by atoms with Crippen LogP contribution in [0.4, 0.5) is 0 Å². The van der Waals surface area contributed by atoms with E-state index in [1.807, 2.05) is 13.0 Å². The van der Waals surface area contributed by atoms with E-state index in [1.54, 1.807) is 0 Å². The zero-order valence-electron chi connectivity index (χ0n) is 9.50. The Bertz CT molecular complexity index is 268. The highest BCUT2D eigenvalue weighted by atomic mass is 16.5. The van der Waals surface area contributed by atoms with Crippen molar-refractivity contribution in [1.82, 2.24) is 10.5 Å². The second kappa shape index (κ2) is 5.15. The molecule has 1 aromatic heterocycles. The maximum Gasteiger partial charge on any atom is 0.150 e. The molecule has 0 radical (unpaired) electrons. The van der Waals surface area contributed by atoms with Gasteiger partial charge in [-0.25, -0.2) is 0 Å². The summed E-state index contributed by atoms with van der Waals surface area (Å²) in [6.45, 7) is 9.37. The number of aryl methyl sites for hydroxylation is 1. The van der Waals surface area contributed by atoms with Gasteiger partial charge in [0.15, 0.2) is 5.76 Å². The van der Waals surface area contributed by atoms with E-state index in [9.17, 15) is 0 Å². The second-order valence-electron chi connectivity index (χ2n) is 4.35. The lowest BCUT2D eigenvalue weighted by Crippen LogP contribution is -2.26. The fourth-order valence-electron chi connectivity index (χ4n) is 1.56. The Labute approximate surface area is 85.9 Å². The molecule has 0 aromatic carbocycles. The molecule has 0 aliphatic rings. The van der Waals surface area contributed by atoms with Gasteiger partial charge in [-0.15, -0.1) is 0 Å².